The summed E-state index contributed by atoms with van der Waals surface area (Å²) in [7, 11) is 0. The van der Waals surface area contributed by atoms with Crippen LogP contribution >= 0.6 is 0 Å². The van der Waals surface area contributed by atoms with Crippen LogP contribution < -0.4 is 31.1 Å². The first-order chi connectivity index (χ1) is 41.4. The standard InChI is InChI=1S/C84H92BN3/c1-77(2,3)56-33-38-69(61(45-56)53-27-21-19-22-28-53)86-72-50-60(88-71-40-35-58(79(7,8)9)47-66(71)83(17)42-41-55-31-25-26-32-63(55)84(83,88)18)36-37-67(72)85-68-51-64-65(82(15,16)44-43-81(64,13)14)52-73(68)87(75-49-59(80(10,11)12)48-74(86)76(75)85)70-39-34-57(78(4,5)6)46-62(70)54-29-23-20-24-30-54/h19-40,45-52H,41-44H2,1-18H3. The van der Waals surface area contributed by atoms with Gasteiger partial charge in [0.2, 0.25) is 0 Å². The topological polar surface area (TPSA) is 9.72 Å². The first-order valence-corrected chi connectivity index (χ1v) is 33.0. The minimum atomic E-state index is -0.392. The molecular formula is C84H92BN3. The number of anilines is 8. The fraction of sp³-hybridized carbons (Fsp3) is 0.357. The lowest BCUT2D eigenvalue weighted by Gasteiger charge is -2.51. The van der Waals surface area contributed by atoms with Gasteiger partial charge in [0.15, 0.2) is 0 Å². The monoisotopic (exact) mass is 1150 g/mol. The second-order valence-electron chi connectivity index (χ2n) is 32.8. The van der Waals surface area contributed by atoms with Crippen LogP contribution in [-0.4, -0.2) is 6.71 Å². The van der Waals surface area contributed by atoms with E-state index in [1.807, 2.05) is 0 Å². The first kappa shape index (κ1) is 58.1. The van der Waals surface area contributed by atoms with Crippen molar-refractivity contribution in [3.05, 3.63) is 232 Å². The minimum Gasteiger partial charge on any atom is -0.330 e. The van der Waals surface area contributed by atoms with Gasteiger partial charge in [-0.15, -0.1) is 0 Å². The molecule has 0 saturated carbocycles. The van der Waals surface area contributed by atoms with Gasteiger partial charge in [-0.1, -0.05) is 239 Å². The third kappa shape index (κ3) is 8.78. The van der Waals surface area contributed by atoms with Crippen LogP contribution in [0.4, 0.5) is 45.5 Å². The molecule has 14 rings (SSSR count). The van der Waals surface area contributed by atoms with E-state index in [4.69, 9.17) is 0 Å². The van der Waals surface area contributed by atoms with Crippen molar-refractivity contribution in [2.75, 3.05) is 14.7 Å². The van der Waals surface area contributed by atoms with Crippen molar-refractivity contribution in [1.29, 1.82) is 0 Å². The maximum atomic E-state index is 2.79. The van der Waals surface area contributed by atoms with Crippen LogP contribution in [0.15, 0.2) is 182 Å². The molecule has 446 valence electrons. The van der Waals surface area contributed by atoms with Crippen LogP contribution in [0, 0.1) is 0 Å². The zero-order valence-corrected chi connectivity index (χ0v) is 56.1. The highest BCUT2D eigenvalue weighted by atomic mass is 15.3. The Morgan fingerprint density at radius 3 is 1.34 bits per heavy atom. The van der Waals surface area contributed by atoms with E-state index in [-0.39, 0.29) is 44.6 Å². The number of hydrogen-bond donors (Lipinski definition) is 0. The number of hydrogen-bond acceptors (Lipinski definition) is 3. The largest absolute Gasteiger partial charge is 0.330 e. The fourth-order valence-electron chi connectivity index (χ4n) is 16.4. The normalized spacial score (nSPS) is 19.7. The van der Waals surface area contributed by atoms with E-state index >= 15 is 0 Å². The molecule has 0 N–H and O–H groups in total. The second kappa shape index (κ2) is 19.5. The molecule has 2 unspecified atom stereocenters. The lowest BCUT2D eigenvalue weighted by Crippen LogP contribution is -2.62. The van der Waals surface area contributed by atoms with Gasteiger partial charge >= 0.3 is 0 Å². The molecule has 9 aromatic carbocycles. The molecule has 5 aliphatic rings. The maximum absolute atomic E-state index is 2.79. The summed E-state index contributed by atoms with van der Waals surface area (Å²) in [5, 5.41) is 0. The van der Waals surface area contributed by atoms with E-state index in [2.05, 4.69) is 321 Å². The Morgan fingerprint density at radius 2 is 0.818 bits per heavy atom. The molecule has 0 bridgehead atoms. The summed E-state index contributed by atoms with van der Waals surface area (Å²) in [6.07, 6.45) is 4.40. The Bertz CT molecular complexity index is 4310. The van der Waals surface area contributed by atoms with Crippen LogP contribution in [0.5, 0.6) is 0 Å². The molecule has 0 saturated heterocycles. The SMILES string of the molecule is CC(C)(C)c1ccc(N2c3cc(N4c5ccc(C(C)(C)C)cc5C5(C)CCc6ccccc6C45C)ccc3B3c4cc5c(cc4N(c4ccc(C(C)(C)C)cc4-c4ccccc4)c4cc(C(C)(C)C)cc2c43)C(C)(C)CCC5(C)C)c(-c2ccccc2)c1. The predicted molar refractivity (Wildman–Crippen MR) is 379 cm³/mol. The highest BCUT2D eigenvalue weighted by Crippen LogP contribution is 2.65. The Morgan fingerprint density at radius 1 is 0.352 bits per heavy atom. The molecule has 0 aromatic heterocycles. The van der Waals surface area contributed by atoms with Crippen LogP contribution in [0.25, 0.3) is 22.3 Å². The van der Waals surface area contributed by atoms with E-state index in [0.717, 1.165) is 25.7 Å². The molecule has 88 heavy (non-hydrogen) atoms. The van der Waals surface area contributed by atoms with Crippen molar-refractivity contribution in [2.45, 2.75) is 194 Å². The van der Waals surface area contributed by atoms with Gasteiger partial charge in [-0.25, -0.2) is 0 Å². The molecule has 2 atom stereocenters. The summed E-state index contributed by atoms with van der Waals surface area (Å²) in [6, 6.07) is 72.5. The summed E-state index contributed by atoms with van der Waals surface area (Å²) in [6.45, 7) is 43.6. The molecule has 3 heterocycles. The minimum absolute atomic E-state index is 0.000329. The molecular weight excluding hydrogens is 1060 g/mol. The van der Waals surface area contributed by atoms with Gasteiger partial charge in [0.05, 0.1) is 16.9 Å². The van der Waals surface area contributed by atoms with Crippen molar-refractivity contribution in [1.82, 2.24) is 0 Å². The molecule has 4 heteroatoms. The highest BCUT2D eigenvalue weighted by molar-refractivity contribution is 7.00. The molecule has 0 fully saturated rings. The molecule has 0 radical (unpaired) electrons. The number of fused-ring (bicyclic) bond motifs is 10. The zero-order chi connectivity index (χ0) is 62.2. The summed E-state index contributed by atoms with van der Waals surface area (Å²) in [5.41, 5.74) is 30.6. The lowest BCUT2D eigenvalue weighted by molar-refractivity contribution is 0.245. The van der Waals surface area contributed by atoms with Crippen LogP contribution in [-0.2, 0) is 49.9 Å². The number of nitrogens with zero attached hydrogens (tertiary/aromatic N) is 3. The fourth-order valence-corrected chi connectivity index (χ4v) is 16.4. The smallest absolute Gasteiger partial charge is 0.252 e. The Labute approximate surface area is 528 Å². The Kier molecular flexibility index (Phi) is 12.9. The molecule has 9 aromatic rings. The molecule has 3 aliphatic heterocycles. The van der Waals surface area contributed by atoms with Crippen LogP contribution in [0.1, 0.15) is 194 Å². The van der Waals surface area contributed by atoms with Crippen molar-refractivity contribution in [3.63, 3.8) is 0 Å². The summed E-state index contributed by atoms with van der Waals surface area (Å²) in [4.78, 5) is 8.27. The van der Waals surface area contributed by atoms with Crippen LogP contribution in [0.3, 0.4) is 0 Å². The second-order valence-corrected chi connectivity index (χ2v) is 32.8. The third-order valence-corrected chi connectivity index (χ3v) is 22.2. The van der Waals surface area contributed by atoms with E-state index < -0.39 is 5.54 Å². The quantitative estimate of drug-likeness (QED) is 0.159. The van der Waals surface area contributed by atoms with E-state index in [9.17, 15) is 0 Å². The number of rotatable bonds is 5. The van der Waals surface area contributed by atoms with Crippen molar-refractivity contribution in [3.8, 4) is 22.3 Å². The van der Waals surface area contributed by atoms with Crippen molar-refractivity contribution < 1.29 is 0 Å². The Hall–Kier alpha value is -7.56. The van der Waals surface area contributed by atoms with Gasteiger partial charge < -0.3 is 14.7 Å². The predicted octanol–water partition coefficient (Wildman–Crippen LogP) is 20.9. The van der Waals surface area contributed by atoms with E-state index in [1.165, 1.54) is 134 Å². The van der Waals surface area contributed by atoms with E-state index in [1.54, 1.807) is 0 Å². The van der Waals surface area contributed by atoms with Crippen molar-refractivity contribution in [2.24, 2.45) is 0 Å². The van der Waals surface area contributed by atoms with Gasteiger partial charge in [-0.2, -0.15) is 0 Å². The number of benzene rings is 9. The molecule has 0 amide bonds. The molecule has 3 nitrogen and oxygen atoms in total. The van der Waals surface area contributed by atoms with Gasteiger partial charge in [-0.05, 0) is 203 Å². The first-order valence-electron chi connectivity index (χ1n) is 33.0. The van der Waals surface area contributed by atoms with Crippen molar-refractivity contribution >= 4 is 68.6 Å². The average Bonchev–Trinajstić information content (AvgIpc) is 1.31. The van der Waals surface area contributed by atoms with Gasteiger partial charge in [0.1, 0.15) is 0 Å². The molecule has 2 aliphatic carbocycles. The summed E-state index contributed by atoms with van der Waals surface area (Å²) in [5.74, 6) is 0. The van der Waals surface area contributed by atoms with Gasteiger partial charge in [0.25, 0.3) is 6.71 Å². The number of aryl methyl sites for hydroxylation is 1. The maximum Gasteiger partial charge on any atom is 0.252 e. The lowest BCUT2D eigenvalue weighted by atomic mass is 9.33. The average molecular weight is 1150 g/mol. The van der Waals surface area contributed by atoms with Gasteiger partial charge in [0, 0.05) is 50.7 Å². The van der Waals surface area contributed by atoms with Gasteiger partial charge in [-0.3, -0.25) is 0 Å². The van der Waals surface area contributed by atoms with Crippen LogP contribution in [0.2, 0.25) is 0 Å². The third-order valence-electron chi connectivity index (χ3n) is 22.2. The molecule has 0 spiro atoms. The summed E-state index contributed by atoms with van der Waals surface area (Å²) >= 11 is 0. The zero-order valence-electron chi connectivity index (χ0n) is 56.1. The summed E-state index contributed by atoms with van der Waals surface area (Å²) < 4.78 is 0. The van der Waals surface area contributed by atoms with E-state index in [0.29, 0.717) is 0 Å². The highest BCUT2D eigenvalue weighted by Gasteiger charge is 2.60. The Balaban J connectivity index is 1.14.